The highest BCUT2D eigenvalue weighted by atomic mass is 32.2. The fourth-order valence-corrected chi connectivity index (χ4v) is 8.96. The van der Waals surface area contributed by atoms with Crippen LogP contribution in [0.15, 0.2) is 114 Å². The lowest BCUT2D eigenvalue weighted by Crippen LogP contribution is -2.35. The second kappa shape index (κ2) is 18.6. The predicted octanol–water partition coefficient (Wildman–Crippen LogP) is 9.80. The van der Waals surface area contributed by atoms with Crippen molar-refractivity contribution >= 4 is 48.6 Å². The van der Waals surface area contributed by atoms with Gasteiger partial charge in [-0.1, -0.05) is 78.9 Å². The van der Waals surface area contributed by atoms with Gasteiger partial charge in [-0.3, -0.25) is 4.99 Å². The topological polar surface area (TPSA) is 37.3 Å². The molecule has 5 nitrogen and oxygen atoms in total. The van der Waals surface area contributed by atoms with Crippen LogP contribution in [0.2, 0.25) is 12.6 Å². The van der Waals surface area contributed by atoms with Gasteiger partial charge in [-0.15, -0.1) is 0 Å². The summed E-state index contributed by atoms with van der Waals surface area (Å²) in [6, 6.07) is 36.7. The van der Waals surface area contributed by atoms with Crippen LogP contribution >= 0.6 is 11.8 Å². The molecule has 7 heteroatoms. The minimum absolute atomic E-state index is 0.752. The van der Waals surface area contributed by atoms with Gasteiger partial charge in [0.2, 0.25) is 0 Å². The summed E-state index contributed by atoms with van der Waals surface area (Å²) < 4.78 is 11.2. The maximum atomic E-state index is 5.60. The maximum absolute atomic E-state index is 5.60. The summed E-state index contributed by atoms with van der Waals surface area (Å²) in [5.74, 6) is 2.36. The molecule has 0 heterocycles. The van der Waals surface area contributed by atoms with Crippen LogP contribution in [0.5, 0.6) is 0 Å². The van der Waals surface area contributed by atoms with E-state index in [1.54, 1.807) is 14.2 Å². The van der Waals surface area contributed by atoms with Gasteiger partial charge in [0, 0.05) is 65.9 Å². The van der Waals surface area contributed by atoms with E-state index in [-0.39, 0.29) is 0 Å². The highest BCUT2D eigenvalue weighted by Crippen LogP contribution is 2.38. The molecular formula is C44H55N3O2SSi. The van der Waals surface area contributed by atoms with Gasteiger partial charge in [-0.2, -0.15) is 11.8 Å². The number of rotatable bonds is 17. The van der Waals surface area contributed by atoms with Crippen LogP contribution in [0.25, 0.3) is 11.1 Å². The monoisotopic (exact) mass is 717 g/mol. The Kier molecular flexibility index (Phi) is 14.0. The number of aliphatic imine (C=N–C) groups is 1. The van der Waals surface area contributed by atoms with Crippen LogP contribution in [-0.2, 0) is 21.7 Å². The van der Waals surface area contributed by atoms with E-state index in [4.69, 9.17) is 13.8 Å². The number of nitrogens with zero attached hydrogens (tertiary/aromatic N) is 3. The molecule has 0 fully saturated rings. The van der Waals surface area contributed by atoms with E-state index in [1.807, 2.05) is 11.8 Å². The first-order valence-corrected chi connectivity index (χ1v) is 21.8. The predicted molar refractivity (Wildman–Crippen MR) is 225 cm³/mol. The molecule has 0 saturated heterocycles. The van der Waals surface area contributed by atoms with Crippen LogP contribution < -0.4 is 9.80 Å². The van der Waals surface area contributed by atoms with Crippen LogP contribution in [0.4, 0.5) is 11.4 Å². The van der Waals surface area contributed by atoms with Crippen LogP contribution in [0.1, 0.15) is 46.2 Å². The number of thioether (sulfide) groups is 1. The Balaban J connectivity index is 1.25. The third kappa shape index (κ3) is 10.4. The second-order valence-electron chi connectivity index (χ2n) is 13.7. The number of hydrogen-bond acceptors (Lipinski definition) is 6. The Morgan fingerprint density at radius 2 is 1.18 bits per heavy atom. The summed E-state index contributed by atoms with van der Waals surface area (Å²) in [4.78, 5) is 9.42. The van der Waals surface area contributed by atoms with E-state index in [0.717, 1.165) is 37.6 Å². The Bertz CT molecular complexity index is 1740. The summed E-state index contributed by atoms with van der Waals surface area (Å²) in [6.45, 7) is 2.89. The zero-order valence-electron chi connectivity index (χ0n) is 31.6. The fraction of sp³-hybridized carbons (Fsp3) is 0.341. The van der Waals surface area contributed by atoms with Crippen LogP contribution in [-0.4, -0.2) is 74.7 Å². The molecule has 0 amide bonds. The molecule has 0 bridgehead atoms. The van der Waals surface area contributed by atoms with E-state index in [0.29, 0.717) is 0 Å². The number of hydrogen-bond donors (Lipinski definition) is 0. The van der Waals surface area contributed by atoms with Crippen molar-refractivity contribution in [3.05, 3.63) is 143 Å². The smallest absolute Gasteiger partial charge is 0.334 e. The quantitative estimate of drug-likeness (QED) is 0.0803. The van der Waals surface area contributed by atoms with Gasteiger partial charge in [0.05, 0.1) is 5.71 Å². The minimum Gasteiger partial charge on any atom is -0.398 e. The van der Waals surface area contributed by atoms with E-state index in [2.05, 4.69) is 154 Å². The highest BCUT2D eigenvalue weighted by Gasteiger charge is 2.27. The van der Waals surface area contributed by atoms with Gasteiger partial charge < -0.3 is 18.7 Å². The molecule has 1 aliphatic carbocycles. The summed E-state index contributed by atoms with van der Waals surface area (Å²) in [5.41, 5.74) is 13.4. The molecule has 0 unspecified atom stereocenters. The molecule has 0 spiro atoms. The van der Waals surface area contributed by atoms with Crippen molar-refractivity contribution in [2.24, 2.45) is 4.99 Å². The molecule has 4 aromatic rings. The average Bonchev–Trinajstić information content (AvgIpc) is 3.16. The van der Waals surface area contributed by atoms with Crippen molar-refractivity contribution < 1.29 is 8.85 Å². The van der Waals surface area contributed by atoms with Gasteiger partial charge in [-0.25, -0.2) is 0 Å². The first-order valence-electron chi connectivity index (χ1n) is 18.1. The van der Waals surface area contributed by atoms with Crippen molar-refractivity contribution in [1.82, 2.24) is 0 Å². The van der Waals surface area contributed by atoms with E-state index in [9.17, 15) is 0 Å². The Morgan fingerprint density at radius 1 is 0.647 bits per heavy atom. The third-order valence-electron chi connectivity index (χ3n) is 9.76. The van der Waals surface area contributed by atoms with E-state index < -0.39 is 8.56 Å². The summed E-state index contributed by atoms with van der Waals surface area (Å²) in [7, 11) is 9.95. The average molecular weight is 718 g/mol. The number of aryl methyl sites for hydroxylation is 1. The second-order valence-corrected chi connectivity index (χ2v) is 18.6. The molecule has 0 N–H and O–H groups in total. The molecule has 1 aliphatic rings. The first-order chi connectivity index (χ1) is 24.7. The molecular weight excluding hydrogens is 663 g/mol. The molecule has 0 atom stereocenters. The standard InChI is InChI=1S/C44H55N3O2SSi/c1-46(2)38-23-19-36(20-24-38)44(37-21-25-39(26-22-37)47(3)4)42-27-28-43(41-14-9-8-13-40(41)42)45-30-29-35-17-15-34(16-18-35)12-10-31-50-32-11-33-51(7,48-5)49-6/h8-9,13-28H,10-12,29-33H2,1-7H3. The summed E-state index contributed by atoms with van der Waals surface area (Å²) >= 11 is 2.04. The molecule has 5 rings (SSSR count). The Labute approximate surface area is 312 Å². The van der Waals surface area contributed by atoms with Gasteiger partial charge >= 0.3 is 8.56 Å². The first kappa shape index (κ1) is 38.4. The van der Waals surface area contributed by atoms with Gasteiger partial charge in [-0.05, 0) is 119 Å². The van der Waals surface area contributed by atoms with Crippen molar-refractivity contribution in [2.75, 3.05) is 70.3 Å². The molecule has 0 saturated carbocycles. The maximum Gasteiger partial charge on any atom is 0.334 e. The third-order valence-corrected chi connectivity index (χ3v) is 13.9. The molecule has 0 radical (unpaired) electrons. The molecule has 4 aromatic carbocycles. The number of allylic oxidation sites excluding steroid dienone is 3. The van der Waals surface area contributed by atoms with Gasteiger partial charge in [0.25, 0.3) is 0 Å². The zero-order valence-corrected chi connectivity index (χ0v) is 33.4. The Hall–Kier alpha value is -3.88. The normalized spacial score (nSPS) is 13.4. The summed E-state index contributed by atoms with van der Waals surface area (Å²) in [5, 5.41) is 0. The molecule has 268 valence electrons. The minimum atomic E-state index is -1.93. The SMILES string of the molecule is CO[Si](C)(CCCSCCCc1ccc(CCN=C2C=CC(=C(c3ccc(N(C)C)cc3)c3ccc(N(C)C)cc3)c3ccccc32)cc1)OC. The highest BCUT2D eigenvalue weighted by molar-refractivity contribution is 7.99. The number of anilines is 2. The molecule has 0 aromatic heterocycles. The molecule has 0 aliphatic heterocycles. The lowest BCUT2D eigenvalue weighted by molar-refractivity contribution is 0.249. The fourth-order valence-electron chi connectivity index (χ4n) is 6.41. The van der Waals surface area contributed by atoms with Crippen molar-refractivity contribution in [1.29, 1.82) is 0 Å². The van der Waals surface area contributed by atoms with Gasteiger partial charge in [0.1, 0.15) is 0 Å². The Morgan fingerprint density at radius 3 is 1.73 bits per heavy atom. The lowest BCUT2D eigenvalue weighted by Gasteiger charge is -2.22. The zero-order chi connectivity index (χ0) is 36.2. The van der Waals surface area contributed by atoms with E-state index in [1.165, 1.54) is 73.8 Å². The van der Waals surface area contributed by atoms with Gasteiger partial charge in [0.15, 0.2) is 0 Å². The summed E-state index contributed by atoms with van der Waals surface area (Å²) in [6.07, 6.45) is 8.87. The van der Waals surface area contributed by atoms with Crippen molar-refractivity contribution in [2.45, 2.75) is 38.3 Å². The van der Waals surface area contributed by atoms with Crippen LogP contribution in [0, 0.1) is 0 Å². The van der Waals surface area contributed by atoms with E-state index >= 15 is 0 Å². The van der Waals surface area contributed by atoms with Crippen molar-refractivity contribution in [3.63, 3.8) is 0 Å². The largest absolute Gasteiger partial charge is 0.398 e. The van der Waals surface area contributed by atoms with Crippen LogP contribution in [0.3, 0.4) is 0 Å². The van der Waals surface area contributed by atoms with Crippen molar-refractivity contribution in [3.8, 4) is 0 Å². The lowest BCUT2D eigenvalue weighted by atomic mass is 9.83. The number of benzene rings is 4. The number of fused-ring (bicyclic) bond motifs is 1. The molecule has 51 heavy (non-hydrogen) atoms.